The Hall–Kier alpha value is -2.73. The van der Waals surface area contributed by atoms with Gasteiger partial charge in [0.1, 0.15) is 0 Å². The maximum Gasteiger partial charge on any atom is 0.269 e. The lowest BCUT2D eigenvalue weighted by Gasteiger charge is -2.30. The Morgan fingerprint density at radius 3 is 2.21 bits per heavy atom. The van der Waals surface area contributed by atoms with Gasteiger partial charge < -0.3 is 9.80 Å². The third kappa shape index (κ3) is 6.68. The Morgan fingerprint density at radius 1 is 1.03 bits per heavy atom. The molecule has 0 bridgehead atoms. The molecule has 1 amide bonds. The predicted octanol–water partition coefficient (Wildman–Crippen LogP) is 4.75. The van der Waals surface area contributed by atoms with Crippen molar-refractivity contribution < 1.29 is 9.72 Å². The predicted molar refractivity (Wildman–Crippen MR) is 116 cm³/mol. The van der Waals surface area contributed by atoms with Gasteiger partial charge in [-0.2, -0.15) is 0 Å². The minimum atomic E-state index is -0.410. The SMILES string of the molecule is CCN(CC)CCC[C@@H](C)N(Cc1ccc([N+](=O)[O-])cc1)C(=O)c1ccccc1. The summed E-state index contributed by atoms with van der Waals surface area (Å²) in [6.45, 7) is 9.90. The van der Waals surface area contributed by atoms with Gasteiger partial charge in [0.25, 0.3) is 11.6 Å². The molecule has 2 rings (SSSR count). The van der Waals surface area contributed by atoms with Crippen LogP contribution in [0.4, 0.5) is 5.69 Å². The van der Waals surface area contributed by atoms with Crippen LogP contribution >= 0.6 is 0 Å². The van der Waals surface area contributed by atoms with E-state index in [0.29, 0.717) is 12.1 Å². The number of hydrogen-bond donors (Lipinski definition) is 0. The zero-order valence-corrected chi connectivity index (χ0v) is 17.6. The second kappa shape index (κ2) is 11.3. The van der Waals surface area contributed by atoms with Gasteiger partial charge in [0.05, 0.1) is 4.92 Å². The molecule has 2 aromatic rings. The van der Waals surface area contributed by atoms with Crippen molar-refractivity contribution >= 4 is 11.6 Å². The highest BCUT2D eigenvalue weighted by molar-refractivity contribution is 5.94. The lowest BCUT2D eigenvalue weighted by atomic mass is 10.1. The summed E-state index contributed by atoms with van der Waals surface area (Å²) < 4.78 is 0. The molecule has 0 heterocycles. The summed E-state index contributed by atoms with van der Waals surface area (Å²) in [4.78, 5) is 27.9. The Balaban J connectivity index is 2.14. The molecule has 6 nitrogen and oxygen atoms in total. The summed E-state index contributed by atoms with van der Waals surface area (Å²) >= 11 is 0. The Morgan fingerprint density at radius 2 is 1.66 bits per heavy atom. The van der Waals surface area contributed by atoms with Crippen molar-refractivity contribution in [3.05, 3.63) is 75.8 Å². The molecule has 0 aliphatic heterocycles. The second-order valence-electron chi connectivity index (χ2n) is 7.24. The van der Waals surface area contributed by atoms with E-state index in [1.807, 2.05) is 35.2 Å². The summed E-state index contributed by atoms with van der Waals surface area (Å²) in [5.74, 6) is -0.0145. The first-order chi connectivity index (χ1) is 14.0. The first-order valence-corrected chi connectivity index (χ1v) is 10.3. The zero-order valence-electron chi connectivity index (χ0n) is 17.6. The molecule has 0 spiro atoms. The largest absolute Gasteiger partial charge is 0.332 e. The van der Waals surface area contributed by atoms with Crippen molar-refractivity contribution in [2.45, 2.75) is 46.2 Å². The van der Waals surface area contributed by atoms with Crippen LogP contribution in [0.2, 0.25) is 0 Å². The topological polar surface area (TPSA) is 66.7 Å². The molecule has 0 aliphatic rings. The van der Waals surface area contributed by atoms with Crippen LogP contribution in [0, 0.1) is 10.1 Å². The standard InChI is InChI=1S/C23H31N3O3/c1-4-24(5-2)17-9-10-19(3)25(23(27)21-11-7-6-8-12-21)18-20-13-15-22(16-14-20)26(28)29/h6-8,11-16,19H,4-5,9-10,17-18H2,1-3H3/t19-/m1/s1. The van der Waals surface area contributed by atoms with E-state index in [4.69, 9.17) is 0 Å². The summed E-state index contributed by atoms with van der Waals surface area (Å²) in [6, 6.07) is 15.8. The molecule has 0 saturated heterocycles. The fourth-order valence-electron chi connectivity index (χ4n) is 3.40. The molecule has 156 valence electrons. The number of benzene rings is 2. The van der Waals surface area contributed by atoms with Crippen LogP contribution in [0.25, 0.3) is 0 Å². The van der Waals surface area contributed by atoms with Crippen LogP contribution in [-0.2, 0) is 6.54 Å². The van der Waals surface area contributed by atoms with Crippen LogP contribution in [0.15, 0.2) is 54.6 Å². The minimum Gasteiger partial charge on any atom is -0.332 e. The van der Waals surface area contributed by atoms with Crippen LogP contribution in [0.5, 0.6) is 0 Å². The number of rotatable bonds is 11. The van der Waals surface area contributed by atoms with E-state index >= 15 is 0 Å². The molecule has 0 saturated carbocycles. The molecule has 6 heteroatoms. The second-order valence-corrected chi connectivity index (χ2v) is 7.24. The maximum atomic E-state index is 13.2. The van der Waals surface area contributed by atoms with E-state index in [2.05, 4.69) is 25.7 Å². The van der Waals surface area contributed by atoms with Crippen LogP contribution in [0.1, 0.15) is 49.5 Å². The summed E-state index contributed by atoms with van der Waals surface area (Å²) in [7, 11) is 0. The highest BCUT2D eigenvalue weighted by Gasteiger charge is 2.22. The highest BCUT2D eigenvalue weighted by Crippen LogP contribution is 2.19. The fourth-order valence-corrected chi connectivity index (χ4v) is 3.40. The van der Waals surface area contributed by atoms with Gasteiger partial charge in [0, 0.05) is 30.3 Å². The average molecular weight is 398 g/mol. The molecule has 0 unspecified atom stereocenters. The fraction of sp³-hybridized carbons (Fsp3) is 0.435. The molecular weight excluding hydrogens is 366 g/mol. The highest BCUT2D eigenvalue weighted by atomic mass is 16.6. The van der Waals surface area contributed by atoms with Gasteiger partial charge in [-0.15, -0.1) is 0 Å². The van der Waals surface area contributed by atoms with E-state index < -0.39 is 4.92 Å². The number of carbonyl (C=O) groups excluding carboxylic acids is 1. The third-order valence-corrected chi connectivity index (χ3v) is 5.30. The molecular formula is C23H31N3O3. The van der Waals surface area contributed by atoms with Gasteiger partial charge in [0.15, 0.2) is 0 Å². The van der Waals surface area contributed by atoms with E-state index in [-0.39, 0.29) is 17.6 Å². The molecule has 2 aromatic carbocycles. The number of nitro groups is 1. The average Bonchev–Trinajstić information content (AvgIpc) is 2.75. The van der Waals surface area contributed by atoms with Crippen molar-refractivity contribution in [1.82, 2.24) is 9.80 Å². The first-order valence-electron chi connectivity index (χ1n) is 10.3. The lowest BCUT2D eigenvalue weighted by molar-refractivity contribution is -0.384. The van der Waals surface area contributed by atoms with Crippen molar-refractivity contribution in [2.75, 3.05) is 19.6 Å². The molecule has 0 N–H and O–H groups in total. The number of carbonyl (C=O) groups is 1. The molecule has 1 atom stereocenters. The Labute approximate surface area is 173 Å². The van der Waals surface area contributed by atoms with Gasteiger partial charge in [-0.25, -0.2) is 0 Å². The van der Waals surface area contributed by atoms with E-state index in [9.17, 15) is 14.9 Å². The van der Waals surface area contributed by atoms with E-state index in [1.54, 1.807) is 12.1 Å². The number of hydrogen-bond acceptors (Lipinski definition) is 4. The lowest BCUT2D eigenvalue weighted by Crippen LogP contribution is -2.38. The van der Waals surface area contributed by atoms with Crippen LogP contribution in [-0.4, -0.2) is 46.3 Å². The summed E-state index contributed by atoms with van der Waals surface area (Å²) in [6.07, 6.45) is 1.92. The van der Waals surface area contributed by atoms with Crippen LogP contribution < -0.4 is 0 Å². The monoisotopic (exact) mass is 397 g/mol. The minimum absolute atomic E-state index is 0.0145. The third-order valence-electron chi connectivity index (χ3n) is 5.30. The first kappa shape index (κ1) is 22.6. The van der Waals surface area contributed by atoms with Crippen molar-refractivity contribution in [3.8, 4) is 0 Å². The van der Waals surface area contributed by atoms with Crippen molar-refractivity contribution in [3.63, 3.8) is 0 Å². The molecule has 0 radical (unpaired) electrons. The number of nitrogens with zero attached hydrogens (tertiary/aromatic N) is 3. The maximum absolute atomic E-state index is 13.2. The van der Waals surface area contributed by atoms with Gasteiger partial charge >= 0.3 is 0 Å². The van der Waals surface area contributed by atoms with Crippen molar-refractivity contribution in [2.24, 2.45) is 0 Å². The molecule has 29 heavy (non-hydrogen) atoms. The number of non-ortho nitro benzene ring substituents is 1. The van der Waals surface area contributed by atoms with Gasteiger partial charge in [-0.3, -0.25) is 14.9 Å². The van der Waals surface area contributed by atoms with Gasteiger partial charge in [-0.1, -0.05) is 44.2 Å². The summed E-state index contributed by atoms with van der Waals surface area (Å²) in [5.41, 5.74) is 1.60. The molecule has 0 fully saturated rings. The quantitative estimate of drug-likeness (QED) is 0.405. The van der Waals surface area contributed by atoms with Crippen LogP contribution in [0.3, 0.4) is 0 Å². The zero-order chi connectivity index (χ0) is 21.2. The van der Waals surface area contributed by atoms with E-state index in [0.717, 1.165) is 38.0 Å². The number of nitro benzene ring substituents is 1. The molecule has 0 aliphatic carbocycles. The summed E-state index contributed by atoms with van der Waals surface area (Å²) in [5, 5.41) is 10.9. The Kier molecular flexibility index (Phi) is 8.80. The number of amides is 1. The Bertz CT molecular complexity index is 774. The van der Waals surface area contributed by atoms with E-state index in [1.165, 1.54) is 12.1 Å². The molecule has 0 aromatic heterocycles. The van der Waals surface area contributed by atoms with Crippen molar-refractivity contribution in [1.29, 1.82) is 0 Å². The van der Waals surface area contributed by atoms with Gasteiger partial charge in [0.2, 0.25) is 0 Å². The normalized spacial score (nSPS) is 12.0. The smallest absolute Gasteiger partial charge is 0.269 e. The van der Waals surface area contributed by atoms with Gasteiger partial charge in [-0.05, 0) is 57.1 Å².